The summed E-state index contributed by atoms with van der Waals surface area (Å²) in [6.07, 6.45) is 1.54. The fourth-order valence-corrected chi connectivity index (χ4v) is 1.97. The maximum Gasteiger partial charge on any atom is 0.224 e. The number of hydrogen-bond donors (Lipinski definition) is 0. The fraction of sp³-hybridized carbons (Fsp3) is 0.0909. The van der Waals surface area contributed by atoms with Crippen molar-refractivity contribution in [3.05, 3.63) is 46.3 Å². The minimum Gasteiger partial charge on any atom is -0.224 e. The molecule has 0 saturated carbocycles. The van der Waals surface area contributed by atoms with E-state index in [0.717, 1.165) is 5.56 Å². The number of hydrogen-bond acceptors (Lipinski definition) is 4. The highest BCUT2D eigenvalue weighted by atomic mass is 35.5. The van der Waals surface area contributed by atoms with E-state index in [2.05, 4.69) is 20.3 Å². The average molecular weight is 280 g/mol. The van der Waals surface area contributed by atoms with Gasteiger partial charge in [0.15, 0.2) is 11.2 Å². The Balaban J connectivity index is 2.05. The molecule has 90 valence electrons. The Labute approximate surface area is 112 Å². The van der Waals surface area contributed by atoms with Crippen molar-refractivity contribution in [2.75, 3.05) is 0 Å². The summed E-state index contributed by atoms with van der Waals surface area (Å²) in [6.45, 7) is 0.490. The molecule has 0 saturated heterocycles. The molecule has 3 aromatic rings. The SMILES string of the molecule is Clc1ncc2nnn(Cc3ccccc3Cl)c2n1. The van der Waals surface area contributed by atoms with Gasteiger partial charge in [-0.2, -0.15) is 4.98 Å². The van der Waals surface area contributed by atoms with E-state index < -0.39 is 0 Å². The van der Waals surface area contributed by atoms with Crippen LogP contribution in [0.15, 0.2) is 30.5 Å². The first kappa shape index (κ1) is 11.4. The molecular weight excluding hydrogens is 273 g/mol. The van der Waals surface area contributed by atoms with Crippen molar-refractivity contribution >= 4 is 34.4 Å². The molecule has 0 amide bonds. The first-order valence-electron chi connectivity index (χ1n) is 5.19. The molecule has 2 heterocycles. The minimum atomic E-state index is 0.171. The van der Waals surface area contributed by atoms with Gasteiger partial charge >= 0.3 is 0 Å². The van der Waals surface area contributed by atoms with Gasteiger partial charge in [-0.25, -0.2) is 9.67 Å². The Morgan fingerprint density at radius 3 is 2.83 bits per heavy atom. The predicted octanol–water partition coefficient (Wildman–Crippen LogP) is 2.58. The van der Waals surface area contributed by atoms with Crippen LogP contribution in [0.4, 0.5) is 0 Å². The topological polar surface area (TPSA) is 56.5 Å². The molecule has 0 N–H and O–H groups in total. The molecule has 0 bridgehead atoms. The average Bonchev–Trinajstić information content (AvgIpc) is 2.75. The third-order valence-electron chi connectivity index (χ3n) is 2.50. The summed E-state index contributed by atoms with van der Waals surface area (Å²) in [6, 6.07) is 7.56. The molecule has 0 aliphatic rings. The van der Waals surface area contributed by atoms with E-state index >= 15 is 0 Å². The maximum absolute atomic E-state index is 6.10. The molecule has 1 aromatic carbocycles. The summed E-state index contributed by atoms with van der Waals surface area (Å²) in [5.74, 6) is 0. The molecule has 0 radical (unpaired) electrons. The van der Waals surface area contributed by atoms with Crippen molar-refractivity contribution in [1.82, 2.24) is 25.0 Å². The van der Waals surface area contributed by atoms with Gasteiger partial charge in [0.25, 0.3) is 0 Å². The molecule has 0 aliphatic heterocycles. The molecular formula is C11H7Cl2N5. The van der Waals surface area contributed by atoms with Gasteiger partial charge in [-0.15, -0.1) is 5.10 Å². The molecule has 0 unspecified atom stereocenters. The summed E-state index contributed by atoms with van der Waals surface area (Å²) in [5, 5.41) is 8.84. The molecule has 7 heteroatoms. The van der Waals surface area contributed by atoms with Crippen LogP contribution >= 0.6 is 23.2 Å². The molecule has 0 spiro atoms. The number of aromatic nitrogens is 5. The van der Waals surface area contributed by atoms with E-state index in [9.17, 15) is 0 Å². The summed E-state index contributed by atoms with van der Waals surface area (Å²) in [5.41, 5.74) is 2.14. The Morgan fingerprint density at radius 1 is 1.17 bits per heavy atom. The monoisotopic (exact) mass is 279 g/mol. The van der Waals surface area contributed by atoms with Crippen LogP contribution in [-0.2, 0) is 6.54 Å². The predicted molar refractivity (Wildman–Crippen MR) is 68.7 cm³/mol. The van der Waals surface area contributed by atoms with Crippen LogP contribution < -0.4 is 0 Å². The van der Waals surface area contributed by atoms with Crippen molar-refractivity contribution < 1.29 is 0 Å². The number of rotatable bonds is 2. The maximum atomic E-state index is 6.10. The van der Waals surface area contributed by atoms with E-state index in [0.29, 0.717) is 22.7 Å². The Kier molecular flexibility index (Phi) is 2.85. The lowest BCUT2D eigenvalue weighted by Gasteiger charge is -2.03. The number of fused-ring (bicyclic) bond motifs is 1. The lowest BCUT2D eigenvalue weighted by Crippen LogP contribution is -2.03. The van der Waals surface area contributed by atoms with Gasteiger partial charge in [0, 0.05) is 5.02 Å². The lowest BCUT2D eigenvalue weighted by molar-refractivity contribution is 0.664. The van der Waals surface area contributed by atoms with Crippen LogP contribution in [0.1, 0.15) is 5.56 Å². The van der Waals surface area contributed by atoms with E-state index in [-0.39, 0.29) is 5.28 Å². The molecule has 0 fully saturated rings. The van der Waals surface area contributed by atoms with Crippen molar-refractivity contribution in [2.45, 2.75) is 6.54 Å². The zero-order valence-corrected chi connectivity index (χ0v) is 10.6. The molecule has 2 aromatic heterocycles. The van der Waals surface area contributed by atoms with Gasteiger partial charge in [-0.3, -0.25) is 0 Å². The summed E-state index contributed by atoms with van der Waals surface area (Å²) < 4.78 is 1.64. The highest BCUT2D eigenvalue weighted by Gasteiger charge is 2.09. The molecule has 18 heavy (non-hydrogen) atoms. The van der Waals surface area contributed by atoms with Crippen LogP contribution in [0.25, 0.3) is 11.2 Å². The second-order valence-electron chi connectivity index (χ2n) is 3.69. The number of nitrogens with zero attached hydrogens (tertiary/aromatic N) is 5. The second kappa shape index (κ2) is 4.51. The number of benzene rings is 1. The van der Waals surface area contributed by atoms with Crippen LogP contribution in [0.5, 0.6) is 0 Å². The van der Waals surface area contributed by atoms with Gasteiger partial charge in [0.2, 0.25) is 5.28 Å². The number of halogens is 2. The summed E-state index contributed by atoms with van der Waals surface area (Å²) in [4.78, 5) is 7.97. The quantitative estimate of drug-likeness (QED) is 0.677. The summed E-state index contributed by atoms with van der Waals surface area (Å²) in [7, 11) is 0. The standard InChI is InChI=1S/C11H7Cl2N5/c12-8-4-2-1-3-7(8)6-18-10-9(16-17-18)5-14-11(13)15-10/h1-5H,6H2. The van der Waals surface area contributed by atoms with E-state index in [1.54, 1.807) is 10.9 Å². The van der Waals surface area contributed by atoms with Crippen LogP contribution in [0, 0.1) is 0 Å². The normalized spacial score (nSPS) is 11.0. The van der Waals surface area contributed by atoms with Crippen LogP contribution in [-0.4, -0.2) is 25.0 Å². The van der Waals surface area contributed by atoms with Crippen molar-refractivity contribution in [3.63, 3.8) is 0 Å². The van der Waals surface area contributed by atoms with Crippen molar-refractivity contribution in [2.24, 2.45) is 0 Å². The Morgan fingerprint density at radius 2 is 2.00 bits per heavy atom. The third-order valence-corrected chi connectivity index (χ3v) is 3.05. The molecule has 3 rings (SSSR count). The van der Waals surface area contributed by atoms with Crippen LogP contribution in [0.2, 0.25) is 10.3 Å². The first-order chi connectivity index (χ1) is 8.74. The van der Waals surface area contributed by atoms with Crippen LogP contribution in [0.3, 0.4) is 0 Å². The van der Waals surface area contributed by atoms with Crippen molar-refractivity contribution in [1.29, 1.82) is 0 Å². The van der Waals surface area contributed by atoms with Gasteiger partial charge < -0.3 is 0 Å². The Hall–Kier alpha value is -1.72. The fourth-order valence-electron chi connectivity index (χ4n) is 1.65. The third kappa shape index (κ3) is 2.02. The van der Waals surface area contributed by atoms with Gasteiger partial charge in [-0.1, -0.05) is 35.0 Å². The molecule has 0 atom stereocenters. The summed E-state index contributed by atoms with van der Waals surface area (Å²) >= 11 is 11.9. The highest BCUT2D eigenvalue weighted by molar-refractivity contribution is 6.31. The largest absolute Gasteiger partial charge is 0.224 e. The smallest absolute Gasteiger partial charge is 0.224 e. The minimum absolute atomic E-state index is 0.171. The van der Waals surface area contributed by atoms with E-state index in [1.165, 1.54) is 0 Å². The lowest BCUT2D eigenvalue weighted by atomic mass is 10.2. The van der Waals surface area contributed by atoms with Crippen molar-refractivity contribution in [3.8, 4) is 0 Å². The molecule has 5 nitrogen and oxygen atoms in total. The van der Waals surface area contributed by atoms with Gasteiger partial charge in [-0.05, 0) is 23.2 Å². The van der Waals surface area contributed by atoms with E-state index in [1.807, 2.05) is 24.3 Å². The molecule has 0 aliphatic carbocycles. The first-order valence-corrected chi connectivity index (χ1v) is 5.95. The zero-order valence-electron chi connectivity index (χ0n) is 9.09. The zero-order chi connectivity index (χ0) is 12.5. The van der Waals surface area contributed by atoms with E-state index in [4.69, 9.17) is 23.2 Å². The second-order valence-corrected chi connectivity index (χ2v) is 4.43. The Bertz CT molecular complexity index is 709. The van der Waals surface area contributed by atoms with Gasteiger partial charge in [0.05, 0.1) is 12.7 Å². The van der Waals surface area contributed by atoms with Gasteiger partial charge in [0.1, 0.15) is 0 Å². The highest BCUT2D eigenvalue weighted by Crippen LogP contribution is 2.18.